The lowest BCUT2D eigenvalue weighted by molar-refractivity contribution is 0.0975. The molecule has 6 heteroatoms. The number of hydrogen-bond acceptors (Lipinski definition) is 4. The molecule has 0 aliphatic carbocycles. The number of rotatable bonds is 4. The molecule has 0 bridgehead atoms. The summed E-state index contributed by atoms with van der Waals surface area (Å²) in [4.78, 5) is 15.2. The van der Waals surface area contributed by atoms with Crippen LogP contribution in [0, 0.1) is 0 Å². The highest BCUT2D eigenvalue weighted by Gasteiger charge is 2.15. The number of ether oxygens (including phenoxy) is 1. The molecule has 0 spiro atoms. The Balaban J connectivity index is 1.42. The van der Waals surface area contributed by atoms with Gasteiger partial charge in [0.1, 0.15) is 5.75 Å². The molecule has 0 atom stereocenters. The Kier molecular flexibility index (Phi) is 6.14. The Morgan fingerprint density at radius 2 is 1.63 bits per heavy atom. The molecule has 1 aliphatic rings. The van der Waals surface area contributed by atoms with Crippen molar-refractivity contribution in [2.75, 3.05) is 30.4 Å². The van der Waals surface area contributed by atoms with E-state index in [2.05, 4.69) is 27.7 Å². The molecule has 3 aromatic rings. The van der Waals surface area contributed by atoms with Gasteiger partial charge in [-0.05, 0) is 78.7 Å². The third-order valence-corrected chi connectivity index (χ3v) is 5.59. The Hall–Kier alpha value is -3.12. The zero-order valence-electron chi connectivity index (χ0n) is 17.0. The first kappa shape index (κ1) is 20.2. The summed E-state index contributed by atoms with van der Waals surface area (Å²) in [5.41, 5.74) is 2.50. The van der Waals surface area contributed by atoms with Gasteiger partial charge in [-0.15, -0.1) is 0 Å². The van der Waals surface area contributed by atoms with Crippen LogP contribution >= 0.6 is 12.2 Å². The molecule has 0 radical (unpaired) electrons. The Morgan fingerprint density at radius 3 is 2.30 bits per heavy atom. The number of thiocarbonyl (C=S) groups is 1. The molecule has 2 N–H and O–H groups in total. The average Bonchev–Trinajstić information content (AvgIpc) is 2.79. The van der Waals surface area contributed by atoms with Crippen LogP contribution in [-0.2, 0) is 0 Å². The Bertz CT molecular complexity index is 1060. The monoisotopic (exact) mass is 419 g/mol. The number of anilines is 2. The SMILES string of the molecule is COc1cc2ccccc2cc1C(=O)NC(=S)Nc1ccc(N2CCCCC2)cc1. The third-order valence-electron chi connectivity index (χ3n) is 5.39. The maximum atomic E-state index is 12.8. The largest absolute Gasteiger partial charge is 0.496 e. The van der Waals surface area contributed by atoms with E-state index in [1.54, 1.807) is 7.11 Å². The number of nitrogens with one attached hydrogen (secondary N) is 2. The molecule has 1 amide bonds. The zero-order valence-corrected chi connectivity index (χ0v) is 17.8. The first-order valence-corrected chi connectivity index (χ1v) is 10.6. The minimum absolute atomic E-state index is 0.251. The summed E-state index contributed by atoms with van der Waals surface area (Å²) in [7, 11) is 1.56. The summed E-state index contributed by atoms with van der Waals surface area (Å²) in [5, 5.41) is 8.07. The second-order valence-electron chi connectivity index (χ2n) is 7.40. The number of benzene rings is 3. The first-order valence-electron chi connectivity index (χ1n) is 10.2. The lowest BCUT2D eigenvalue weighted by Gasteiger charge is -2.28. The van der Waals surface area contributed by atoms with Gasteiger partial charge in [0.25, 0.3) is 5.91 Å². The molecular weight excluding hydrogens is 394 g/mol. The molecule has 1 fully saturated rings. The van der Waals surface area contributed by atoms with Gasteiger partial charge >= 0.3 is 0 Å². The summed E-state index contributed by atoms with van der Waals surface area (Å²) in [6, 6.07) is 19.7. The summed E-state index contributed by atoms with van der Waals surface area (Å²) in [6.07, 6.45) is 3.80. The lowest BCUT2D eigenvalue weighted by Crippen LogP contribution is -2.34. The second kappa shape index (κ2) is 9.13. The van der Waals surface area contributed by atoms with Crippen molar-refractivity contribution in [3.63, 3.8) is 0 Å². The van der Waals surface area contributed by atoms with Gasteiger partial charge < -0.3 is 15.0 Å². The summed E-state index contributed by atoms with van der Waals surface area (Å²) in [5.74, 6) is 0.208. The van der Waals surface area contributed by atoms with Gasteiger partial charge in [0.2, 0.25) is 0 Å². The molecule has 0 saturated carbocycles. The molecular formula is C24H25N3O2S. The molecule has 154 valence electrons. The topological polar surface area (TPSA) is 53.6 Å². The lowest BCUT2D eigenvalue weighted by atomic mass is 10.1. The predicted molar refractivity (Wildman–Crippen MR) is 127 cm³/mol. The van der Waals surface area contributed by atoms with E-state index in [0.717, 1.165) is 29.5 Å². The highest BCUT2D eigenvalue weighted by Crippen LogP contribution is 2.26. The minimum Gasteiger partial charge on any atom is -0.496 e. The van der Waals surface area contributed by atoms with Crippen molar-refractivity contribution in [1.29, 1.82) is 0 Å². The van der Waals surface area contributed by atoms with Crippen LogP contribution in [0.4, 0.5) is 11.4 Å². The molecule has 30 heavy (non-hydrogen) atoms. The van der Waals surface area contributed by atoms with E-state index < -0.39 is 0 Å². The zero-order chi connectivity index (χ0) is 20.9. The van der Waals surface area contributed by atoms with Gasteiger partial charge in [-0.3, -0.25) is 10.1 Å². The smallest absolute Gasteiger partial charge is 0.261 e. The number of carbonyl (C=O) groups is 1. The number of fused-ring (bicyclic) bond motifs is 1. The fourth-order valence-corrected chi connectivity index (χ4v) is 4.02. The van der Waals surface area contributed by atoms with Crippen LogP contribution in [0.5, 0.6) is 5.75 Å². The molecule has 4 rings (SSSR count). The highest BCUT2D eigenvalue weighted by molar-refractivity contribution is 7.80. The van der Waals surface area contributed by atoms with Crippen molar-refractivity contribution in [3.05, 3.63) is 66.2 Å². The van der Waals surface area contributed by atoms with Crippen LogP contribution in [0.25, 0.3) is 10.8 Å². The number of amides is 1. The molecule has 1 saturated heterocycles. The van der Waals surface area contributed by atoms with E-state index in [1.165, 1.54) is 24.9 Å². The van der Waals surface area contributed by atoms with E-state index in [-0.39, 0.29) is 11.0 Å². The maximum absolute atomic E-state index is 12.8. The van der Waals surface area contributed by atoms with Gasteiger partial charge in [0.05, 0.1) is 12.7 Å². The number of carbonyl (C=O) groups excluding carboxylic acids is 1. The van der Waals surface area contributed by atoms with Crippen LogP contribution in [-0.4, -0.2) is 31.2 Å². The van der Waals surface area contributed by atoms with Gasteiger partial charge in [-0.1, -0.05) is 24.3 Å². The molecule has 3 aromatic carbocycles. The van der Waals surface area contributed by atoms with Crippen LogP contribution in [0.15, 0.2) is 60.7 Å². The van der Waals surface area contributed by atoms with E-state index in [4.69, 9.17) is 17.0 Å². The number of piperidine rings is 1. The minimum atomic E-state index is -0.306. The molecule has 1 aliphatic heterocycles. The quantitative estimate of drug-likeness (QED) is 0.585. The van der Waals surface area contributed by atoms with Crippen LogP contribution in [0.2, 0.25) is 0 Å². The number of nitrogens with zero attached hydrogens (tertiary/aromatic N) is 1. The maximum Gasteiger partial charge on any atom is 0.261 e. The Labute approximate surface area is 182 Å². The van der Waals surface area contributed by atoms with Crippen molar-refractivity contribution in [2.45, 2.75) is 19.3 Å². The van der Waals surface area contributed by atoms with Crippen molar-refractivity contribution in [2.24, 2.45) is 0 Å². The van der Waals surface area contributed by atoms with Crippen LogP contribution in [0.1, 0.15) is 29.6 Å². The van der Waals surface area contributed by atoms with Crippen LogP contribution in [0.3, 0.4) is 0 Å². The second-order valence-corrected chi connectivity index (χ2v) is 7.81. The van der Waals surface area contributed by atoms with Crippen molar-refractivity contribution in [3.8, 4) is 5.75 Å². The van der Waals surface area contributed by atoms with E-state index >= 15 is 0 Å². The molecule has 1 heterocycles. The van der Waals surface area contributed by atoms with Gasteiger partial charge in [0, 0.05) is 24.5 Å². The third kappa shape index (κ3) is 4.54. The molecule has 0 unspecified atom stereocenters. The normalized spacial score (nSPS) is 13.7. The Morgan fingerprint density at radius 1 is 0.967 bits per heavy atom. The fraction of sp³-hybridized carbons (Fsp3) is 0.250. The summed E-state index contributed by atoms with van der Waals surface area (Å²) in [6.45, 7) is 2.21. The predicted octanol–water partition coefficient (Wildman–Crippen LogP) is 4.97. The van der Waals surface area contributed by atoms with Crippen LogP contribution < -0.4 is 20.3 Å². The van der Waals surface area contributed by atoms with Gasteiger partial charge in [-0.25, -0.2) is 0 Å². The molecule has 5 nitrogen and oxygen atoms in total. The summed E-state index contributed by atoms with van der Waals surface area (Å²) >= 11 is 5.35. The van der Waals surface area contributed by atoms with Crippen molar-refractivity contribution < 1.29 is 9.53 Å². The van der Waals surface area contributed by atoms with E-state index in [1.807, 2.05) is 48.5 Å². The fourth-order valence-electron chi connectivity index (χ4n) is 3.81. The van der Waals surface area contributed by atoms with Gasteiger partial charge in [-0.2, -0.15) is 0 Å². The van der Waals surface area contributed by atoms with Gasteiger partial charge in [0.15, 0.2) is 5.11 Å². The van der Waals surface area contributed by atoms with E-state index in [9.17, 15) is 4.79 Å². The highest BCUT2D eigenvalue weighted by atomic mass is 32.1. The van der Waals surface area contributed by atoms with E-state index in [0.29, 0.717) is 11.3 Å². The summed E-state index contributed by atoms with van der Waals surface area (Å²) < 4.78 is 5.42. The van der Waals surface area contributed by atoms with Crippen molar-refractivity contribution >= 4 is 45.4 Å². The number of methoxy groups -OCH3 is 1. The standard InChI is InChI=1S/C24H25N3O2S/c1-29-22-16-18-8-4-3-7-17(18)15-21(22)23(28)26-24(30)25-19-9-11-20(12-10-19)27-13-5-2-6-14-27/h3-4,7-12,15-16H,2,5-6,13-14H2,1H3,(H2,25,26,28,30). The number of hydrogen-bond donors (Lipinski definition) is 2. The van der Waals surface area contributed by atoms with Crippen molar-refractivity contribution in [1.82, 2.24) is 5.32 Å². The molecule has 0 aromatic heterocycles. The average molecular weight is 420 g/mol. The first-order chi connectivity index (χ1) is 14.6.